The van der Waals surface area contributed by atoms with Crippen LogP contribution in [0.15, 0.2) is 71.6 Å². The summed E-state index contributed by atoms with van der Waals surface area (Å²) in [6.45, 7) is 11.1. The monoisotopic (exact) mass is 536 g/mol. The van der Waals surface area contributed by atoms with Crippen LogP contribution in [0, 0.1) is 13.8 Å². The van der Waals surface area contributed by atoms with Gasteiger partial charge < -0.3 is 4.90 Å². The molecule has 0 spiro atoms. The largest absolute Gasteiger partial charge is 0.302 e. The lowest BCUT2D eigenvalue weighted by Crippen LogP contribution is -2.39. The zero-order chi connectivity index (χ0) is 26.6. The molecule has 0 saturated carbocycles. The number of carbonyl (C=O) groups is 1. The molecule has 0 bridgehead atoms. The van der Waals surface area contributed by atoms with Crippen LogP contribution >= 0.6 is 11.3 Å². The quantitative estimate of drug-likeness (QED) is 0.281. The molecule has 0 radical (unpaired) electrons. The van der Waals surface area contributed by atoms with Crippen molar-refractivity contribution in [2.45, 2.75) is 32.6 Å². The van der Waals surface area contributed by atoms with E-state index in [1.807, 2.05) is 13.0 Å². The molecule has 0 aliphatic carbocycles. The van der Waals surface area contributed by atoms with E-state index >= 15 is 0 Å². The normalized spacial score (nSPS) is 11.7. The zero-order valence-corrected chi connectivity index (χ0v) is 23.2. The van der Waals surface area contributed by atoms with E-state index in [9.17, 15) is 13.2 Å². The van der Waals surface area contributed by atoms with E-state index in [0.717, 1.165) is 28.9 Å². The molecule has 4 aromatic rings. The smallest absolute Gasteiger partial charge is 0.262 e. The molecule has 1 N–H and O–H groups in total. The van der Waals surface area contributed by atoms with Crippen LogP contribution in [0.5, 0.6) is 0 Å². The lowest BCUT2D eigenvalue weighted by molar-refractivity contribution is 0.0984. The Morgan fingerprint density at radius 3 is 2.27 bits per heavy atom. The number of carbonyl (C=O) groups excluding carboxylic acids is 1. The zero-order valence-electron chi connectivity index (χ0n) is 21.6. The van der Waals surface area contributed by atoms with Crippen molar-refractivity contribution in [2.24, 2.45) is 0 Å². The summed E-state index contributed by atoms with van der Waals surface area (Å²) in [7, 11) is -3.87. The van der Waals surface area contributed by atoms with E-state index in [1.54, 1.807) is 47.4 Å². The highest BCUT2D eigenvalue weighted by Crippen LogP contribution is 2.32. The second kappa shape index (κ2) is 11.4. The summed E-state index contributed by atoms with van der Waals surface area (Å²) in [4.78, 5) is 22.9. The number of nitrogens with one attached hydrogen (secondary N) is 1. The number of hydrogen-bond donors (Lipinski definition) is 1. The molecule has 0 atom stereocenters. The number of aromatic nitrogens is 1. The number of amides is 1. The van der Waals surface area contributed by atoms with Gasteiger partial charge in [0.2, 0.25) is 0 Å². The Morgan fingerprint density at radius 2 is 1.57 bits per heavy atom. The molecular weight excluding hydrogens is 504 g/mol. The summed E-state index contributed by atoms with van der Waals surface area (Å²) in [5, 5.41) is 0.595. The molecule has 3 aromatic carbocycles. The van der Waals surface area contributed by atoms with Gasteiger partial charge in [-0.05, 0) is 74.5 Å². The van der Waals surface area contributed by atoms with Gasteiger partial charge in [-0.3, -0.25) is 14.4 Å². The minimum absolute atomic E-state index is 0.132. The highest BCUT2D eigenvalue weighted by atomic mass is 32.2. The third-order valence-corrected chi connectivity index (χ3v) is 8.88. The number of likely N-dealkylation sites (N-methyl/N-ethyl adjacent to an activating group) is 1. The number of para-hydroxylation sites is 1. The van der Waals surface area contributed by atoms with Gasteiger partial charge >= 0.3 is 0 Å². The molecule has 0 fully saturated rings. The van der Waals surface area contributed by atoms with Crippen molar-refractivity contribution in [3.05, 3.63) is 83.4 Å². The molecule has 1 amide bonds. The van der Waals surface area contributed by atoms with Gasteiger partial charge in [0.1, 0.15) is 0 Å². The topological polar surface area (TPSA) is 82.6 Å². The molecule has 0 saturated heterocycles. The molecule has 37 heavy (non-hydrogen) atoms. The molecule has 7 nitrogen and oxygen atoms in total. The Bertz CT molecular complexity index is 1460. The van der Waals surface area contributed by atoms with Crippen molar-refractivity contribution in [2.75, 3.05) is 35.8 Å². The van der Waals surface area contributed by atoms with Crippen LogP contribution in [0.2, 0.25) is 0 Å². The Labute approximate surface area is 222 Å². The third kappa shape index (κ3) is 6.01. The van der Waals surface area contributed by atoms with E-state index < -0.39 is 10.0 Å². The van der Waals surface area contributed by atoms with Crippen LogP contribution < -0.4 is 9.62 Å². The molecule has 1 heterocycles. The highest BCUT2D eigenvalue weighted by Gasteiger charge is 2.26. The number of rotatable bonds is 10. The average Bonchev–Trinajstić information content (AvgIpc) is 3.29. The fourth-order valence-corrected chi connectivity index (χ4v) is 6.23. The first-order chi connectivity index (χ1) is 17.7. The maximum Gasteiger partial charge on any atom is 0.262 e. The summed E-state index contributed by atoms with van der Waals surface area (Å²) in [5.74, 6) is -0.300. The second-order valence-electron chi connectivity index (χ2n) is 8.85. The van der Waals surface area contributed by atoms with E-state index in [-0.39, 0.29) is 22.1 Å². The summed E-state index contributed by atoms with van der Waals surface area (Å²) in [6, 6.07) is 19.0. The van der Waals surface area contributed by atoms with Gasteiger partial charge in [0, 0.05) is 13.1 Å². The van der Waals surface area contributed by atoms with Crippen LogP contribution in [0.25, 0.3) is 10.2 Å². The van der Waals surface area contributed by atoms with E-state index in [2.05, 4.69) is 36.5 Å². The van der Waals surface area contributed by atoms with Gasteiger partial charge in [0.25, 0.3) is 15.9 Å². The van der Waals surface area contributed by atoms with Crippen molar-refractivity contribution < 1.29 is 13.2 Å². The fraction of sp³-hybridized carbons (Fsp3) is 0.286. The van der Waals surface area contributed by atoms with Gasteiger partial charge in [0.15, 0.2) is 5.13 Å². The number of fused-ring (bicyclic) bond motifs is 1. The Hall–Kier alpha value is -3.27. The summed E-state index contributed by atoms with van der Waals surface area (Å²) in [6.07, 6.45) is 0. The van der Waals surface area contributed by atoms with Gasteiger partial charge in [-0.1, -0.05) is 55.5 Å². The second-order valence-corrected chi connectivity index (χ2v) is 11.5. The number of benzene rings is 3. The molecule has 4 rings (SSSR count). The number of anilines is 2. The first kappa shape index (κ1) is 26.8. The standard InChI is InChI=1S/C28H32N4O3S2/c1-5-31(6-2)16-17-32(28-29-25-18-20(3)21(4)19-26(25)36-28)27(33)23-14-10-11-15-24(23)30-37(34,35)22-12-8-7-9-13-22/h7-15,18-19,30H,5-6,16-17H2,1-4H3. The first-order valence-corrected chi connectivity index (χ1v) is 14.6. The Balaban J connectivity index is 1.73. The maximum absolute atomic E-state index is 14.0. The molecule has 0 aliphatic rings. The predicted molar refractivity (Wildman–Crippen MR) is 152 cm³/mol. The summed E-state index contributed by atoms with van der Waals surface area (Å²) >= 11 is 1.47. The molecule has 1 aromatic heterocycles. The highest BCUT2D eigenvalue weighted by molar-refractivity contribution is 7.92. The Morgan fingerprint density at radius 1 is 0.919 bits per heavy atom. The lowest BCUT2D eigenvalue weighted by Gasteiger charge is -2.25. The first-order valence-electron chi connectivity index (χ1n) is 12.3. The van der Waals surface area contributed by atoms with Gasteiger partial charge in [-0.2, -0.15) is 0 Å². The van der Waals surface area contributed by atoms with Crippen molar-refractivity contribution in [1.29, 1.82) is 0 Å². The van der Waals surface area contributed by atoms with Crippen molar-refractivity contribution >= 4 is 48.3 Å². The SMILES string of the molecule is CCN(CC)CCN(C(=O)c1ccccc1NS(=O)(=O)c1ccccc1)c1nc2cc(C)c(C)cc2s1. The van der Waals surface area contributed by atoms with E-state index in [1.165, 1.54) is 29.0 Å². The predicted octanol–water partition coefficient (Wildman–Crippen LogP) is 5.70. The van der Waals surface area contributed by atoms with Crippen LogP contribution in [0.3, 0.4) is 0 Å². The minimum atomic E-state index is -3.87. The van der Waals surface area contributed by atoms with E-state index in [4.69, 9.17) is 4.98 Å². The van der Waals surface area contributed by atoms with Crippen LogP contribution in [0.1, 0.15) is 35.3 Å². The molecular formula is C28H32N4O3S2. The minimum Gasteiger partial charge on any atom is -0.302 e. The molecule has 0 unspecified atom stereocenters. The van der Waals surface area contributed by atoms with E-state index in [0.29, 0.717) is 18.2 Å². The van der Waals surface area contributed by atoms with Gasteiger partial charge in [-0.15, -0.1) is 0 Å². The van der Waals surface area contributed by atoms with Crippen molar-refractivity contribution in [1.82, 2.24) is 9.88 Å². The number of aryl methyl sites for hydroxylation is 2. The van der Waals surface area contributed by atoms with Gasteiger partial charge in [0.05, 0.1) is 26.4 Å². The van der Waals surface area contributed by atoms with Crippen molar-refractivity contribution in [3.63, 3.8) is 0 Å². The third-order valence-electron chi connectivity index (χ3n) is 6.46. The Kier molecular flexibility index (Phi) is 8.26. The maximum atomic E-state index is 14.0. The number of sulfonamides is 1. The van der Waals surface area contributed by atoms with Crippen LogP contribution in [-0.2, 0) is 10.0 Å². The van der Waals surface area contributed by atoms with Crippen molar-refractivity contribution in [3.8, 4) is 0 Å². The number of hydrogen-bond acceptors (Lipinski definition) is 6. The molecule has 9 heteroatoms. The molecule has 0 aliphatic heterocycles. The van der Waals surface area contributed by atoms with Gasteiger partial charge in [-0.25, -0.2) is 13.4 Å². The van der Waals surface area contributed by atoms with Crippen LogP contribution in [-0.4, -0.2) is 50.4 Å². The average molecular weight is 537 g/mol. The number of nitrogens with zero attached hydrogens (tertiary/aromatic N) is 3. The summed E-state index contributed by atoms with van der Waals surface area (Å²) in [5.41, 5.74) is 3.67. The van der Waals surface area contributed by atoms with Crippen LogP contribution in [0.4, 0.5) is 10.8 Å². The summed E-state index contributed by atoms with van der Waals surface area (Å²) < 4.78 is 29.7. The number of thiazole rings is 1. The fourth-order valence-electron chi connectivity index (χ4n) is 4.06. The molecule has 194 valence electrons. The lowest BCUT2D eigenvalue weighted by atomic mass is 10.1.